The van der Waals surface area contributed by atoms with Gasteiger partial charge in [0.1, 0.15) is 0 Å². The lowest BCUT2D eigenvalue weighted by molar-refractivity contribution is 0.795. The molecule has 0 heterocycles. The summed E-state index contributed by atoms with van der Waals surface area (Å²) in [5.41, 5.74) is 5.11. The van der Waals surface area contributed by atoms with Gasteiger partial charge in [0.2, 0.25) is 0 Å². The average Bonchev–Trinajstić information content (AvgIpc) is 1.65. The van der Waals surface area contributed by atoms with Crippen LogP contribution in [0.2, 0.25) is 0 Å². The topological polar surface area (TPSA) is 81.3 Å². The minimum absolute atomic E-state index is 0. The molecule has 3 heteroatoms. The molecule has 0 aromatic heterocycles. The Balaban J connectivity index is 0. The molecule has 0 rings (SSSR count). The molecule has 0 spiro atoms. The van der Waals surface area contributed by atoms with Crippen LogP contribution < -0.4 is 5.73 Å². The van der Waals surface area contributed by atoms with E-state index in [1.165, 1.54) is 0 Å². The van der Waals surface area contributed by atoms with Crippen molar-refractivity contribution >= 4 is 0 Å². The minimum atomic E-state index is -0.259. The molecule has 1 atom stereocenters. The van der Waals surface area contributed by atoms with Crippen molar-refractivity contribution in [3.8, 4) is 6.07 Å². The van der Waals surface area contributed by atoms with E-state index in [-0.39, 0.29) is 11.5 Å². The second kappa shape index (κ2) is 5.41. The van der Waals surface area contributed by atoms with Crippen LogP contribution in [0, 0.1) is 11.3 Å². The fourth-order valence-electron chi connectivity index (χ4n) is 0.0913. The monoisotopic (exact) mass is 102 g/mol. The molecule has 0 aliphatic carbocycles. The SMILES string of the molecule is CCC(N)C#N.O. The van der Waals surface area contributed by atoms with Crippen molar-refractivity contribution < 1.29 is 5.48 Å². The van der Waals surface area contributed by atoms with Gasteiger partial charge in [-0.3, -0.25) is 0 Å². The molecule has 0 saturated carbocycles. The summed E-state index contributed by atoms with van der Waals surface area (Å²) in [4.78, 5) is 0. The number of nitrogens with zero attached hydrogens (tertiary/aromatic N) is 1. The van der Waals surface area contributed by atoms with Gasteiger partial charge in [-0.1, -0.05) is 6.92 Å². The Bertz CT molecular complexity index is 66.6. The molecular formula is C4H10N2O. The zero-order chi connectivity index (χ0) is 4.99. The molecule has 1 unspecified atom stereocenters. The number of nitrogens with two attached hydrogens (primary N) is 1. The van der Waals surface area contributed by atoms with Crippen LogP contribution in [-0.2, 0) is 0 Å². The van der Waals surface area contributed by atoms with E-state index in [1.54, 1.807) is 0 Å². The molecule has 0 aliphatic rings. The van der Waals surface area contributed by atoms with Gasteiger partial charge in [-0.2, -0.15) is 5.26 Å². The fourth-order valence-corrected chi connectivity index (χ4v) is 0.0913. The van der Waals surface area contributed by atoms with Gasteiger partial charge in [-0.25, -0.2) is 0 Å². The van der Waals surface area contributed by atoms with E-state index in [1.807, 2.05) is 13.0 Å². The van der Waals surface area contributed by atoms with Gasteiger partial charge < -0.3 is 11.2 Å². The Hall–Kier alpha value is -0.590. The minimum Gasteiger partial charge on any atom is -0.412 e. The molecule has 0 aliphatic heterocycles. The fraction of sp³-hybridized carbons (Fsp3) is 0.750. The first kappa shape index (κ1) is 9.65. The second-order valence-corrected chi connectivity index (χ2v) is 1.14. The predicted molar refractivity (Wildman–Crippen MR) is 27.5 cm³/mol. The van der Waals surface area contributed by atoms with Crippen molar-refractivity contribution in [1.29, 1.82) is 5.26 Å². The Labute approximate surface area is 43.0 Å². The molecule has 4 N–H and O–H groups in total. The zero-order valence-electron chi connectivity index (χ0n) is 4.31. The Morgan fingerprint density at radius 1 is 1.86 bits per heavy atom. The van der Waals surface area contributed by atoms with E-state index in [0.29, 0.717) is 0 Å². The Kier molecular flexibility index (Phi) is 7.46. The summed E-state index contributed by atoms with van der Waals surface area (Å²) in [5.74, 6) is 0. The lowest BCUT2D eigenvalue weighted by Crippen LogP contribution is -2.14. The van der Waals surface area contributed by atoms with E-state index in [9.17, 15) is 0 Å². The summed E-state index contributed by atoms with van der Waals surface area (Å²) in [5, 5.41) is 7.96. The standard InChI is InChI=1S/C4H8N2.H2O/c1-2-4(6)3-5;/h4H,2,6H2,1H3;1H2. The molecule has 0 radical (unpaired) electrons. The van der Waals surface area contributed by atoms with Gasteiger partial charge >= 0.3 is 0 Å². The van der Waals surface area contributed by atoms with Crippen molar-refractivity contribution in [3.63, 3.8) is 0 Å². The van der Waals surface area contributed by atoms with Crippen LogP contribution in [0.25, 0.3) is 0 Å². The summed E-state index contributed by atoms with van der Waals surface area (Å²) in [6.45, 7) is 1.88. The van der Waals surface area contributed by atoms with Gasteiger partial charge in [0.25, 0.3) is 0 Å². The van der Waals surface area contributed by atoms with Crippen LogP contribution in [0.15, 0.2) is 0 Å². The molecule has 42 valence electrons. The van der Waals surface area contributed by atoms with Crippen molar-refractivity contribution in [1.82, 2.24) is 0 Å². The summed E-state index contributed by atoms with van der Waals surface area (Å²) in [7, 11) is 0. The quantitative estimate of drug-likeness (QED) is 0.480. The highest BCUT2D eigenvalue weighted by Gasteiger charge is 1.88. The van der Waals surface area contributed by atoms with Crippen LogP contribution in [-0.4, -0.2) is 11.5 Å². The molecule has 0 aromatic rings. The van der Waals surface area contributed by atoms with E-state index in [2.05, 4.69) is 0 Å². The van der Waals surface area contributed by atoms with Crippen LogP contribution in [0.5, 0.6) is 0 Å². The second-order valence-electron chi connectivity index (χ2n) is 1.14. The first-order valence-corrected chi connectivity index (χ1v) is 1.96. The third kappa shape index (κ3) is 5.41. The molecule has 0 fully saturated rings. The predicted octanol–water partition coefficient (Wildman–Crippen LogP) is -0.577. The van der Waals surface area contributed by atoms with Crippen LogP contribution in [0.1, 0.15) is 13.3 Å². The van der Waals surface area contributed by atoms with E-state index in [4.69, 9.17) is 11.0 Å². The third-order valence-corrected chi connectivity index (χ3v) is 0.606. The van der Waals surface area contributed by atoms with Gasteiger partial charge in [0.15, 0.2) is 0 Å². The van der Waals surface area contributed by atoms with E-state index < -0.39 is 0 Å². The number of rotatable bonds is 1. The highest BCUT2D eigenvalue weighted by atomic mass is 16.0. The van der Waals surface area contributed by atoms with Crippen LogP contribution >= 0.6 is 0 Å². The number of nitriles is 1. The summed E-state index contributed by atoms with van der Waals surface area (Å²) >= 11 is 0. The van der Waals surface area contributed by atoms with Crippen molar-refractivity contribution in [2.45, 2.75) is 19.4 Å². The van der Waals surface area contributed by atoms with Crippen LogP contribution in [0.4, 0.5) is 0 Å². The maximum atomic E-state index is 7.96. The molecular weight excluding hydrogens is 92.1 g/mol. The Morgan fingerprint density at radius 3 is 2.29 bits per heavy atom. The largest absolute Gasteiger partial charge is 0.412 e. The molecule has 0 aromatic carbocycles. The summed E-state index contributed by atoms with van der Waals surface area (Å²) < 4.78 is 0. The maximum Gasteiger partial charge on any atom is 0.0925 e. The normalized spacial score (nSPS) is 11.0. The molecule has 0 saturated heterocycles. The lowest BCUT2D eigenvalue weighted by Gasteiger charge is -1.88. The average molecular weight is 102 g/mol. The first-order valence-electron chi connectivity index (χ1n) is 1.96. The van der Waals surface area contributed by atoms with Crippen molar-refractivity contribution in [2.75, 3.05) is 0 Å². The Morgan fingerprint density at radius 2 is 2.29 bits per heavy atom. The lowest BCUT2D eigenvalue weighted by atomic mass is 10.3. The highest BCUT2D eigenvalue weighted by Crippen LogP contribution is 1.77. The molecule has 0 bridgehead atoms. The number of hydrogen-bond donors (Lipinski definition) is 1. The highest BCUT2D eigenvalue weighted by molar-refractivity contribution is 4.84. The molecule has 7 heavy (non-hydrogen) atoms. The summed E-state index contributed by atoms with van der Waals surface area (Å²) in [6, 6.07) is 1.63. The number of hydrogen-bond acceptors (Lipinski definition) is 2. The van der Waals surface area contributed by atoms with Gasteiger partial charge in [-0.05, 0) is 6.42 Å². The summed E-state index contributed by atoms with van der Waals surface area (Å²) in [6.07, 6.45) is 0.747. The van der Waals surface area contributed by atoms with Crippen molar-refractivity contribution in [3.05, 3.63) is 0 Å². The zero-order valence-corrected chi connectivity index (χ0v) is 4.31. The smallest absolute Gasteiger partial charge is 0.0925 e. The van der Waals surface area contributed by atoms with Crippen molar-refractivity contribution in [2.24, 2.45) is 5.73 Å². The molecule has 0 amide bonds. The van der Waals surface area contributed by atoms with E-state index >= 15 is 0 Å². The maximum absolute atomic E-state index is 7.96. The third-order valence-electron chi connectivity index (χ3n) is 0.606. The molecule has 3 nitrogen and oxygen atoms in total. The van der Waals surface area contributed by atoms with Gasteiger partial charge in [-0.15, -0.1) is 0 Å². The van der Waals surface area contributed by atoms with E-state index in [0.717, 1.165) is 6.42 Å². The van der Waals surface area contributed by atoms with Gasteiger partial charge in [0, 0.05) is 0 Å². The van der Waals surface area contributed by atoms with Crippen LogP contribution in [0.3, 0.4) is 0 Å². The first-order chi connectivity index (χ1) is 2.81. The van der Waals surface area contributed by atoms with Gasteiger partial charge in [0.05, 0.1) is 12.1 Å².